The van der Waals surface area contributed by atoms with Crippen LogP contribution in [-0.4, -0.2) is 55.6 Å². The molecule has 0 spiro atoms. The van der Waals surface area contributed by atoms with E-state index in [1.54, 1.807) is 0 Å². The summed E-state index contributed by atoms with van der Waals surface area (Å²) in [6.07, 6.45) is 1.76. The van der Waals surface area contributed by atoms with Gasteiger partial charge in [0.05, 0.1) is 6.61 Å². The molecule has 200 valence electrons. The molecule has 6 rings (SSSR count). The van der Waals surface area contributed by atoms with Crippen molar-refractivity contribution in [1.82, 2.24) is 9.55 Å². The van der Waals surface area contributed by atoms with Crippen LogP contribution in [0.1, 0.15) is 73.4 Å². The Kier molecular flexibility index (Phi) is 6.19. The minimum Gasteiger partial charge on any atom is -0.394 e. The lowest BCUT2D eigenvalue weighted by molar-refractivity contribution is -0.129. The molecule has 1 aliphatic heterocycles. The molecule has 0 amide bonds. The quantitative estimate of drug-likeness (QED) is 0.433. The van der Waals surface area contributed by atoms with Crippen LogP contribution in [0.15, 0.2) is 34.0 Å². The fourth-order valence-corrected chi connectivity index (χ4v) is 7.44. The molecule has 8 atom stereocenters. The predicted molar refractivity (Wildman–Crippen MR) is 136 cm³/mol. The van der Waals surface area contributed by atoms with Crippen molar-refractivity contribution in [3.05, 3.63) is 67.5 Å². The lowest BCUT2D eigenvalue weighted by Crippen LogP contribution is -2.42. The number of hydrogen-bond donors (Lipinski definition) is 4. The maximum atomic E-state index is 12.6. The van der Waals surface area contributed by atoms with E-state index in [9.17, 15) is 29.7 Å². The highest BCUT2D eigenvalue weighted by Gasteiger charge is 2.54. The van der Waals surface area contributed by atoms with Crippen LogP contribution in [0.5, 0.6) is 0 Å². The first-order valence-corrected chi connectivity index (χ1v) is 13.4. The second kappa shape index (κ2) is 9.31. The van der Waals surface area contributed by atoms with Crippen LogP contribution in [-0.2, 0) is 16.0 Å². The molecule has 1 aromatic carbocycles. The SMILES string of the molecule is C[C@]12CCC3c4ccc(C#Cc5cn([C@@H]6O[C@H](CO)C(O)[C@H]6O)c(=O)[nH]c5=O)cc4CCC3C1CCC2=O. The molecule has 9 heteroatoms. The number of nitrogens with one attached hydrogen (secondary N) is 1. The standard InChI is InChI=1S/C29H32N2O7/c1-29-11-10-19-18-6-3-15(12-16(18)5-7-20(19)21(29)8-9-23(29)33)2-4-17-13-31(28(37)30-26(17)36)27-25(35)24(34)22(14-32)38-27/h3,6,12-13,19-22,24-25,27,32,34-35H,5,7-11,14H2,1H3,(H,30,36,37)/t19?,20?,21?,22-,24?,25-,27-,29+/m1/s1. The van der Waals surface area contributed by atoms with Gasteiger partial charge in [-0.15, -0.1) is 0 Å². The Balaban J connectivity index is 1.26. The number of aliphatic hydroxyl groups excluding tert-OH is 3. The number of Topliss-reactive ketones (excluding diaryl/α,β-unsaturated/α-hetero) is 1. The van der Waals surface area contributed by atoms with E-state index < -0.39 is 42.4 Å². The number of ketones is 1. The maximum absolute atomic E-state index is 12.6. The van der Waals surface area contributed by atoms with Gasteiger partial charge in [0.25, 0.3) is 5.56 Å². The average Bonchev–Trinajstić information content (AvgIpc) is 3.37. The number of carbonyl (C=O) groups is 1. The van der Waals surface area contributed by atoms with Gasteiger partial charge >= 0.3 is 5.69 Å². The zero-order chi connectivity index (χ0) is 26.8. The predicted octanol–water partition coefficient (Wildman–Crippen LogP) is 0.973. The van der Waals surface area contributed by atoms with E-state index in [1.807, 2.05) is 6.07 Å². The Hall–Kier alpha value is -3.03. The number of nitrogens with zero attached hydrogens (tertiary/aromatic N) is 1. The zero-order valence-electron chi connectivity index (χ0n) is 21.2. The minimum absolute atomic E-state index is 0.0117. The number of H-pyrrole nitrogens is 1. The Morgan fingerprint density at radius 1 is 1.11 bits per heavy atom. The molecule has 38 heavy (non-hydrogen) atoms. The van der Waals surface area contributed by atoms with Crippen molar-refractivity contribution in [2.24, 2.45) is 17.3 Å². The Bertz CT molecular complexity index is 1470. The van der Waals surface area contributed by atoms with Crippen LogP contribution in [0.4, 0.5) is 0 Å². The van der Waals surface area contributed by atoms with Crippen molar-refractivity contribution in [1.29, 1.82) is 0 Å². The van der Waals surface area contributed by atoms with Gasteiger partial charge in [-0.25, -0.2) is 4.79 Å². The number of rotatable bonds is 2. The summed E-state index contributed by atoms with van der Waals surface area (Å²) in [5.74, 6) is 7.78. The summed E-state index contributed by atoms with van der Waals surface area (Å²) in [5.41, 5.74) is 1.75. The molecule has 2 saturated carbocycles. The van der Waals surface area contributed by atoms with Crippen LogP contribution in [0.3, 0.4) is 0 Å². The smallest absolute Gasteiger partial charge is 0.330 e. The number of fused-ring (bicyclic) bond motifs is 5. The third kappa shape index (κ3) is 3.90. The van der Waals surface area contributed by atoms with Crippen molar-refractivity contribution in [3.63, 3.8) is 0 Å². The van der Waals surface area contributed by atoms with Gasteiger partial charge in [0, 0.05) is 23.6 Å². The van der Waals surface area contributed by atoms with Gasteiger partial charge in [-0.05, 0) is 73.1 Å². The largest absolute Gasteiger partial charge is 0.394 e. The van der Waals surface area contributed by atoms with Gasteiger partial charge in [0.15, 0.2) is 6.23 Å². The Morgan fingerprint density at radius 3 is 2.68 bits per heavy atom. The zero-order valence-corrected chi connectivity index (χ0v) is 21.2. The molecule has 4 unspecified atom stereocenters. The number of aryl methyl sites for hydroxylation is 1. The van der Waals surface area contributed by atoms with E-state index >= 15 is 0 Å². The summed E-state index contributed by atoms with van der Waals surface area (Å²) in [4.78, 5) is 39.6. The van der Waals surface area contributed by atoms with E-state index in [4.69, 9.17) is 4.74 Å². The molecule has 0 bridgehead atoms. The third-order valence-electron chi connectivity index (χ3n) is 9.54. The second-order valence-corrected chi connectivity index (χ2v) is 11.4. The molecule has 3 fully saturated rings. The third-order valence-corrected chi connectivity index (χ3v) is 9.54. The van der Waals surface area contributed by atoms with Gasteiger partial charge in [-0.3, -0.25) is 19.1 Å². The maximum Gasteiger partial charge on any atom is 0.330 e. The van der Waals surface area contributed by atoms with Gasteiger partial charge in [0.2, 0.25) is 0 Å². The first kappa shape index (κ1) is 25.3. The van der Waals surface area contributed by atoms with Crippen LogP contribution in [0.2, 0.25) is 0 Å². The van der Waals surface area contributed by atoms with Crippen molar-refractivity contribution < 1.29 is 24.9 Å². The normalized spacial score (nSPS) is 35.7. The number of ether oxygens (including phenoxy) is 1. The van der Waals surface area contributed by atoms with E-state index in [0.29, 0.717) is 30.0 Å². The van der Waals surface area contributed by atoms with E-state index in [2.05, 4.69) is 35.9 Å². The van der Waals surface area contributed by atoms with Crippen molar-refractivity contribution in [2.45, 2.75) is 75.9 Å². The van der Waals surface area contributed by atoms with Gasteiger partial charge in [0.1, 0.15) is 29.7 Å². The van der Waals surface area contributed by atoms with Crippen molar-refractivity contribution in [3.8, 4) is 11.8 Å². The number of aromatic amines is 1. The average molecular weight is 521 g/mol. The summed E-state index contributed by atoms with van der Waals surface area (Å²) in [6, 6.07) is 6.17. The molecular formula is C29H32N2O7. The summed E-state index contributed by atoms with van der Waals surface area (Å²) in [6.45, 7) is 1.65. The van der Waals surface area contributed by atoms with Crippen LogP contribution < -0.4 is 11.2 Å². The summed E-state index contributed by atoms with van der Waals surface area (Å²) in [5, 5.41) is 29.6. The lowest BCUT2D eigenvalue weighted by atomic mass is 9.55. The lowest BCUT2D eigenvalue weighted by Gasteiger charge is -2.48. The monoisotopic (exact) mass is 520 g/mol. The molecule has 3 aliphatic carbocycles. The van der Waals surface area contributed by atoms with Crippen molar-refractivity contribution in [2.75, 3.05) is 6.61 Å². The first-order chi connectivity index (χ1) is 18.2. The van der Waals surface area contributed by atoms with Crippen LogP contribution >= 0.6 is 0 Å². The molecular weight excluding hydrogens is 488 g/mol. The number of hydrogen-bond acceptors (Lipinski definition) is 7. The van der Waals surface area contributed by atoms with E-state index in [-0.39, 0.29) is 11.0 Å². The highest BCUT2D eigenvalue weighted by atomic mass is 16.6. The highest BCUT2D eigenvalue weighted by Crippen LogP contribution is 2.59. The molecule has 2 aromatic rings. The fourth-order valence-electron chi connectivity index (χ4n) is 7.44. The second-order valence-electron chi connectivity index (χ2n) is 11.4. The molecule has 1 aromatic heterocycles. The first-order valence-electron chi connectivity index (χ1n) is 13.4. The molecule has 4 aliphatic rings. The number of aliphatic hydroxyl groups is 3. The topological polar surface area (TPSA) is 142 Å². The molecule has 9 nitrogen and oxygen atoms in total. The molecule has 2 heterocycles. The number of aromatic nitrogens is 2. The van der Waals surface area contributed by atoms with Gasteiger partial charge in [-0.1, -0.05) is 24.8 Å². The number of benzene rings is 1. The Labute approximate surface area is 219 Å². The summed E-state index contributed by atoms with van der Waals surface area (Å²) < 4.78 is 6.41. The van der Waals surface area contributed by atoms with Crippen LogP contribution in [0.25, 0.3) is 0 Å². The molecule has 1 saturated heterocycles. The van der Waals surface area contributed by atoms with Gasteiger partial charge in [-0.2, -0.15) is 0 Å². The molecule has 0 radical (unpaired) electrons. The van der Waals surface area contributed by atoms with Gasteiger partial charge < -0.3 is 20.1 Å². The van der Waals surface area contributed by atoms with E-state index in [1.165, 1.54) is 17.3 Å². The van der Waals surface area contributed by atoms with E-state index in [0.717, 1.165) is 42.2 Å². The van der Waals surface area contributed by atoms with Crippen LogP contribution in [0, 0.1) is 29.1 Å². The summed E-state index contributed by atoms with van der Waals surface area (Å²) >= 11 is 0. The fraction of sp³-hybridized carbons (Fsp3) is 0.552. The highest BCUT2D eigenvalue weighted by molar-refractivity contribution is 5.87. The minimum atomic E-state index is -1.46. The van der Waals surface area contributed by atoms with Crippen molar-refractivity contribution >= 4 is 5.78 Å². The Morgan fingerprint density at radius 2 is 1.92 bits per heavy atom. The molecule has 4 N–H and O–H groups in total. The number of carbonyl (C=O) groups excluding carboxylic acids is 1. The summed E-state index contributed by atoms with van der Waals surface area (Å²) in [7, 11) is 0.